The van der Waals surface area contributed by atoms with Crippen molar-refractivity contribution in [2.75, 3.05) is 14.2 Å². The van der Waals surface area contributed by atoms with Crippen molar-refractivity contribution in [3.05, 3.63) is 40.3 Å². The van der Waals surface area contributed by atoms with Gasteiger partial charge in [0.1, 0.15) is 0 Å². The van der Waals surface area contributed by atoms with E-state index in [2.05, 4.69) is 26.5 Å². The van der Waals surface area contributed by atoms with Gasteiger partial charge in [-0.1, -0.05) is 0 Å². The number of benzene rings is 1. The number of phenolic OH excluding ortho intramolecular Hbond substituents is 1. The van der Waals surface area contributed by atoms with Crippen LogP contribution in [0.3, 0.4) is 0 Å². The van der Waals surface area contributed by atoms with Crippen molar-refractivity contribution >= 4 is 28.1 Å². The summed E-state index contributed by atoms with van der Waals surface area (Å²) in [6, 6.07) is 6.23. The first-order chi connectivity index (χ1) is 10.5. The summed E-state index contributed by atoms with van der Waals surface area (Å²) in [5.74, 6) is 0.0142. The van der Waals surface area contributed by atoms with Gasteiger partial charge in [-0.15, -0.1) is 0 Å². The van der Waals surface area contributed by atoms with Gasteiger partial charge in [0, 0.05) is 5.56 Å². The summed E-state index contributed by atoms with van der Waals surface area (Å²) in [4.78, 5) is 11.7. The summed E-state index contributed by atoms with van der Waals surface area (Å²) in [5, 5.41) is 13.6. The first-order valence-electron chi connectivity index (χ1n) is 6.09. The minimum absolute atomic E-state index is 0.105. The van der Waals surface area contributed by atoms with Gasteiger partial charge in [0.2, 0.25) is 5.75 Å². The number of hydrazone groups is 1. The number of amides is 1. The summed E-state index contributed by atoms with van der Waals surface area (Å²) in [6.07, 6.45) is 1.39. The van der Waals surface area contributed by atoms with Gasteiger partial charge >= 0.3 is 5.91 Å². The van der Waals surface area contributed by atoms with Gasteiger partial charge in [-0.05, 0) is 40.2 Å². The van der Waals surface area contributed by atoms with E-state index in [1.807, 2.05) is 0 Å². The van der Waals surface area contributed by atoms with Crippen molar-refractivity contribution in [1.82, 2.24) is 5.43 Å². The van der Waals surface area contributed by atoms with Gasteiger partial charge in [-0.25, -0.2) is 5.43 Å². The van der Waals surface area contributed by atoms with E-state index in [0.717, 1.165) is 0 Å². The molecule has 0 aliphatic rings. The Labute approximate surface area is 134 Å². The fraction of sp³-hybridized carbons (Fsp3) is 0.143. The van der Waals surface area contributed by atoms with Crippen LogP contribution in [0.1, 0.15) is 16.1 Å². The molecule has 1 aromatic heterocycles. The van der Waals surface area contributed by atoms with Crippen LogP contribution in [0.4, 0.5) is 0 Å². The number of nitrogens with zero attached hydrogens (tertiary/aromatic N) is 1. The molecule has 0 aliphatic carbocycles. The largest absolute Gasteiger partial charge is 0.502 e. The van der Waals surface area contributed by atoms with E-state index in [1.165, 1.54) is 26.5 Å². The maximum atomic E-state index is 11.7. The highest BCUT2D eigenvalue weighted by Crippen LogP contribution is 2.36. The van der Waals surface area contributed by atoms with Crippen LogP contribution in [0, 0.1) is 0 Å². The van der Waals surface area contributed by atoms with Gasteiger partial charge in [0.15, 0.2) is 21.9 Å². The van der Waals surface area contributed by atoms with Crippen LogP contribution in [0.15, 0.2) is 38.5 Å². The van der Waals surface area contributed by atoms with Crippen molar-refractivity contribution in [3.8, 4) is 17.2 Å². The predicted molar refractivity (Wildman–Crippen MR) is 82.7 cm³/mol. The van der Waals surface area contributed by atoms with Crippen LogP contribution in [0.25, 0.3) is 0 Å². The number of carbonyl (C=O) groups excluding carboxylic acids is 1. The molecule has 2 N–H and O–H groups in total. The molecule has 0 saturated heterocycles. The normalized spacial score (nSPS) is 10.7. The molecule has 2 rings (SSSR count). The zero-order valence-electron chi connectivity index (χ0n) is 11.8. The van der Waals surface area contributed by atoms with Gasteiger partial charge in [-0.2, -0.15) is 5.10 Å². The van der Waals surface area contributed by atoms with E-state index in [9.17, 15) is 9.90 Å². The number of halogens is 1. The summed E-state index contributed by atoms with van der Waals surface area (Å²) in [5.41, 5.74) is 2.90. The number of rotatable bonds is 5. The Hall–Kier alpha value is -2.48. The Kier molecular flexibility index (Phi) is 5.05. The molecule has 0 unspecified atom stereocenters. The Bertz CT molecular complexity index is 686. The van der Waals surface area contributed by atoms with Crippen LogP contribution in [0.5, 0.6) is 17.2 Å². The monoisotopic (exact) mass is 368 g/mol. The fourth-order valence-electron chi connectivity index (χ4n) is 1.65. The highest BCUT2D eigenvalue weighted by atomic mass is 79.9. The Morgan fingerprint density at radius 3 is 2.45 bits per heavy atom. The Morgan fingerprint density at radius 1 is 1.32 bits per heavy atom. The molecule has 22 heavy (non-hydrogen) atoms. The smallest absolute Gasteiger partial charge is 0.307 e. The van der Waals surface area contributed by atoms with Gasteiger partial charge in [0.05, 0.1) is 20.4 Å². The maximum absolute atomic E-state index is 11.7. The van der Waals surface area contributed by atoms with Crippen molar-refractivity contribution in [2.24, 2.45) is 5.10 Å². The summed E-state index contributed by atoms with van der Waals surface area (Å²) in [7, 11) is 2.85. The van der Waals surface area contributed by atoms with E-state index >= 15 is 0 Å². The molecule has 1 aromatic carbocycles. The number of furan rings is 1. The molecule has 0 fully saturated rings. The Balaban J connectivity index is 2.11. The molecule has 1 heterocycles. The molecular formula is C14H13BrN2O5. The fourth-order valence-corrected chi connectivity index (χ4v) is 1.95. The third-order valence-electron chi connectivity index (χ3n) is 2.68. The molecule has 0 aliphatic heterocycles. The van der Waals surface area contributed by atoms with Crippen molar-refractivity contribution < 1.29 is 23.8 Å². The number of aromatic hydroxyl groups is 1. The minimum atomic E-state index is -0.486. The van der Waals surface area contributed by atoms with Crippen molar-refractivity contribution in [1.29, 1.82) is 0 Å². The Morgan fingerprint density at radius 2 is 1.95 bits per heavy atom. The number of nitrogens with one attached hydrogen (secondary N) is 1. The molecule has 0 radical (unpaired) electrons. The van der Waals surface area contributed by atoms with Crippen molar-refractivity contribution in [2.45, 2.75) is 0 Å². The van der Waals surface area contributed by atoms with Gasteiger partial charge in [0.25, 0.3) is 0 Å². The predicted octanol–water partition coefficient (Wildman–Crippen LogP) is 2.53. The quantitative estimate of drug-likeness (QED) is 0.624. The first kappa shape index (κ1) is 15.9. The highest BCUT2D eigenvalue weighted by Gasteiger charge is 2.11. The van der Waals surface area contributed by atoms with E-state index in [1.54, 1.807) is 18.2 Å². The SMILES string of the molecule is COc1cc(/C=N\NC(=O)c2ccc(Br)o2)cc(OC)c1O. The molecule has 0 bridgehead atoms. The number of carbonyl (C=O) groups is 1. The number of hydrogen-bond donors (Lipinski definition) is 2. The lowest BCUT2D eigenvalue weighted by Gasteiger charge is -2.09. The molecule has 2 aromatic rings. The molecular weight excluding hydrogens is 356 g/mol. The molecule has 8 heteroatoms. The van der Waals surface area contributed by atoms with Crippen molar-refractivity contribution in [3.63, 3.8) is 0 Å². The van der Waals surface area contributed by atoms with Crippen LogP contribution in [-0.4, -0.2) is 31.4 Å². The lowest BCUT2D eigenvalue weighted by molar-refractivity contribution is 0.0926. The zero-order chi connectivity index (χ0) is 16.1. The summed E-state index contributed by atoms with van der Waals surface area (Å²) in [6.45, 7) is 0. The van der Waals surface area contributed by atoms with E-state index in [4.69, 9.17) is 13.9 Å². The van der Waals surface area contributed by atoms with Crippen LogP contribution in [0.2, 0.25) is 0 Å². The summed E-state index contributed by atoms with van der Waals surface area (Å²) < 4.78 is 15.6. The molecule has 1 amide bonds. The first-order valence-corrected chi connectivity index (χ1v) is 6.88. The topological polar surface area (TPSA) is 93.3 Å². The van der Waals surface area contributed by atoms with Crippen LogP contribution < -0.4 is 14.9 Å². The highest BCUT2D eigenvalue weighted by molar-refractivity contribution is 9.10. The molecule has 0 saturated carbocycles. The lowest BCUT2D eigenvalue weighted by Crippen LogP contribution is -2.16. The lowest BCUT2D eigenvalue weighted by atomic mass is 10.2. The second-order valence-electron chi connectivity index (χ2n) is 4.08. The molecule has 7 nitrogen and oxygen atoms in total. The van der Waals surface area contributed by atoms with Crippen LogP contribution in [-0.2, 0) is 0 Å². The number of methoxy groups -OCH3 is 2. The second-order valence-corrected chi connectivity index (χ2v) is 4.86. The van der Waals surface area contributed by atoms with E-state index in [-0.39, 0.29) is 23.0 Å². The average Bonchev–Trinajstić information content (AvgIpc) is 2.95. The number of hydrogen-bond acceptors (Lipinski definition) is 6. The average molecular weight is 369 g/mol. The molecule has 0 spiro atoms. The third-order valence-corrected chi connectivity index (χ3v) is 3.11. The third kappa shape index (κ3) is 3.59. The standard InChI is InChI=1S/C14H13BrN2O5/c1-20-10-5-8(6-11(21-2)13(10)18)7-16-17-14(19)9-3-4-12(15)22-9/h3-7,18H,1-2H3,(H,17,19)/b16-7-. The second kappa shape index (κ2) is 6.99. The zero-order valence-corrected chi connectivity index (χ0v) is 13.4. The minimum Gasteiger partial charge on any atom is -0.502 e. The van der Waals surface area contributed by atoms with E-state index in [0.29, 0.717) is 10.2 Å². The number of ether oxygens (including phenoxy) is 2. The summed E-state index contributed by atoms with van der Waals surface area (Å²) >= 11 is 3.11. The molecule has 116 valence electrons. The number of phenols is 1. The van der Waals surface area contributed by atoms with E-state index < -0.39 is 5.91 Å². The van der Waals surface area contributed by atoms with Gasteiger partial charge < -0.3 is 19.0 Å². The molecule has 0 atom stereocenters. The maximum Gasteiger partial charge on any atom is 0.307 e. The van der Waals surface area contributed by atoms with Crippen LogP contribution >= 0.6 is 15.9 Å². The van der Waals surface area contributed by atoms with Gasteiger partial charge in [-0.3, -0.25) is 4.79 Å².